The first-order chi connectivity index (χ1) is 7.39. The van der Waals surface area contributed by atoms with Crippen LogP contribution in [0.2, 0.25) is 0 Å². The number of methoxy groups -OCH3 is 1. The predicted molar refractivity (Wildman–Crippen MR) is 55.5 cm³/mol. The summed E-state index contributed by atoms with van der Waals surface area (Å²) in [5, 5.41) is 11.0. The molecule has 0 N–H and O–H groups in total. The number of carboxylic acids is 1. The molecule has 0 spiro atoms. The van der Waals surface area contributed by atoms with Crippen molar-refractivity contribution in [3.8, 4) is 0 Å². The first-order valence-corrected chi connectivity index (χ1v) is 4.93. The maximum Gasteiger partial charge on any atom is 1.00 e. The van der Waals surface area contributed by atoms with Gasteiger partial charge in [-0.2, -0.15) is 0 Å². The molecule has 0 aromatic carbocycles. The molecule has 0 aliphatic heterocycles. The van der Waals surface area contributed by atoms with Gasteiger partial charge in [-0.15, -0.1) is 0 Å². The van der Waals surface area contributed by atoms with Gasteiger partial charge in [0.2, 0.25) is 0 Å². The first kappa shape index (κ1) is 16.5. The van der Waals surface area contributed by atoms with Gasteiger partial charge in [0.25, 0.3) is 0 Å². The summed E-state index contributed by atoms with van der Waals surface area (Å²) in [6.07, 6.45) is 1.60. The Kier molecular flexibility index (Phi) is 6.26. The molecular weight excluding hydrogens is 231 g/mol. The van der Waals surface area contributed by atoms with Gasteiger partial charge >= 0.3 is 29.6 Å². The van der Waals surface area contributed by atoms with E-state index in [0.29, 0.717) is 12.3 Å². The van der Waals surface area contributed by atoms with Gasteiger partial charge in [0.1, 0.15) is 5.82 Å². The topological polar surface area (TPSA) is 75.1 Å². The third-order valence-electron chi connectivity index (χ3n) is 2.43. The van der Waals surface area contributed by atoms with Crippen LogP contribution in [0, 0.1) is 6.92 Å². The fourth-order valence-electron chi connectivity index (χ4n) is 1.15. The van der Waals surface area contributed by atoms with Crippen LogP contribution in [0.4, 0.5) is 0 Å². The molecule has 0 saturated carbocycles. The Hall–Kier alpha value is -0.490. The molecule has 17 heavy (non-hydrogen) atoms. The average molecular weight is 246 g/mol. The minimum atomic E-state index is -1.20. The molecule has 0 amide bonds. The maximum absolute atomic E-state index is 11.0. The fourth-order valence-corrected chi connectivity index (χ4v) is 1.15. The number of carbonyl (C=O) groups excluding carboxylic acids is 1. The molecule has 0 aliphatic rings. The van der Waals surface area contributed by atoms with Crippen molar-refractivity contribution in [2.24, 2.45) is 0 Å². The minimum absolute atomic E-state index is 0. The van der Waals surface area contributed by atoms with Crippen LogP contribution in [-0.2, 0) is 21.6 Å². The third kappa shape index (κ3) is 3.74. The average Bonchev–Trinajstić information content (AvgIpc) is 2.21. The van der Waals surface area contributed by atoms with Crippen LogP contribution in [-0.4, -0.2) is 23.0 Å². The van der Waals surface area contributed by atoms with Crippen LogP contribution >= 0.6 is 0 Å². The zero-order valence-electron chi connectivity index (χ0n) is 10.9. The van der Waals surface area contributed by atoms with Gasteiger partial charge in [-0.1, -0.05) is 0 Å². The first-order valence-electron chi connectivity index (χ1n) is 4.93. The van der Waals surface area contributed by atoms with E-state index in [1.54, 1.807) is 13.3 Å². The van der Waals surface area contributed by atoms with Crippen molar-refractivity contribution in [1.82, 2.24) is 9.97 Å². The molecule has 0 bridgehead atoms. The Labute approximate surface area is 123 Å². The van der Waals surface area contributed by atoms with Crippen molar-refractivity contribution in [2.45, 2.75) is 32.8 Å². The predicted octanol–water partition coefficient (Wildman–Crippen LogP) is -3.04. The SMILES string of the molecule is COCc1nc(C(C)(C)C(=O)[O-])ncc1C.[Na+]. The van der Waals surface area contributed by atoms with E-state index < -0.39 is 11.4 Å². The zero-order valence-corrected chi connectivity index (χ0v) is 12.9. The van der Waals surface area contributed by atoms with Gasteiger partial charge < -0.3 is 14.6 Å². The van der Waals surface area contributed by atoms with Crippen LogP contribution in [0.5, 0.6) is 0 Å². The van der Waals surface area contributed by atoms with Crippen LogP contribution in [0.15, 0.2) is 6.20 Å². The molecule has 88 valence electrons. The number of ether oxygens (including phenoxy) is 1. The summed E-state index contributed by atoms with van der Waals surface area (Å²) in [7, 11) is 1.56. The van der Waals surface area contributed by atoms with Gasteiger partial charge in [-0.25, -0.2) is 9.97 Å². The van der Waals surface area contributed by atoms with E-state index in [-0.39, 0.29) is 35.4 Å². The summed E-state index contributed by atoms with van der Waals surface area (Å²) in [5.41, 5.74) is 0.373. The summed E-state index contributed by atoms with van der Waals surface area (Å²) in [6.45, 7) is 5.22. The van der Waals surface area contributed by atoms with E-state index in [4.69, 9.17) is 4.74 Å². The smallest absolute Gasteiger partial charge is 0.549 e. The third-order valence-corrected chi connectivity index (χ3v) is 2.43. The van der Waals surface area contributed by atoms with Crippen molar-refractivity contribution < 1.29 is 44.2 Å². The Morgan fingerprint density at radius 1 is 1.53 bits per heavy atom. The van der Waals surface area contributed by atoms with Crippen LogP contribution in [0.1, 0.15) is 30.9 Å². The normalized spacial score (nSPS) is 10.8. The molecular formula is C11H15N2NaO3. The quantitative estimate of drug-likeness (QED) is 0.528. The second-order valence-electron chi connectivity index (χ2n) is 4.17. The van der Waals surface area contributed by atoms with Crippen LogP contribution in [0.3, 0.4) is 0 Å². The second kappa shape index (κ2) is 6.44. The Balaban J connectivity index is 0.00000256. The standard InChI is InChI=1S/C11H16N2O3.Na/c1-7-5-12-9(11(2,3)10(14)15)13-8(7)6-16-4;/h5H,6H2,1-4H3,(H,14,15);/q;+1/p-1. The Morgan fingerprint density at radius 2 is 2.12 bits per heavy atom. The number of aliphatic carboxylic acids is 1. The summed E-state index contributed by atoms with van der Waals surface area (Å²) in [5.74, 6) is -0.954. The molecule has 0 aliphatic carbocycles. The molecule has 0 fully saturated rings. The van der Waals surface area contributed by atoms with E-state index in [0.717, 1.165) is 5.56 Å². The van der Waals surface area contributed by atoms with Crippen molar-refractivity contribution in [3.63, 3.8) is 0 Å². The van der Waals surface area contributed by atoms with Crippen molar-refractivity contribution in [1.29, 1.82) is 0 Å². The van der Waals surface area contributed by atoms with Gasteiger partial charge in [0, 0.05) is 13.3 Å². The molecule has 6 heteroatoms. The van der Waals surface area contributed by atoms with Gasteiger partial charge in [-0.05, 0) is 26.3 Å². The molecule has 1 aromatic rings. The summed E-state index contributed by atoms with van der Waals surface area (Å²) in [6, 6.07) is 0. The van der Waals surface area contributed by atoms with E-state index in [1.807, 2.05) is 6.92 Å². The zero-order chi connectivity index (χ0) is 12.3. The number of hydrogen-bond acceptors (Lipinski definition) is 5. The monoisotopic (exact) mass is 246 g/mol. The molecule has 1 aromatic heterocycles. The van der Waals surface area contributed by atoms with E-state index in [2.05, 4.69) is 9.97 Å². The van der Waals surface area contributed by atoms with E-state index >= 15 is 0 Å². The second-order valence-corrected chi connectivity index (χ2v) is 4.17. The maximum atomic E-state index is 11.0. The Bertz CT molecular complexity index is 408. The van der Waals surface area contributed by atoms with Crippen LogP contribution < -0.4 is 34.7 Å². The molecule has 1 rings (SSSR count). The molecule has 0 atom stereocenters. The molecule has 0 radical (unpaired) electrons. The number of carboxylic acid groups (broad SMARTS) is 1. The Morgan fingerprint density at radius 3 is 2.59 bits per heavy atom. The van der Waals surface area contributed by atoms with Gasteiger partial charge in [-0.3, -0.25) is 0 Å². The van der Waals surface area contributed by atoms with Crippen molar-refractivity contribution in [2.75, 3.05) is 7.11 Å². The molecule has 0 unspecified atom stereocenters. The number of nitrogens with zero attached hydrogens (tertiary/aromatic N) is 2. The summed E-state index contributed by atoms with van der Waals surface area (Å²) in [4.78, 5) is 19.2. The van der Waals surface area contributed by atoms with E-state index in [9.17, 15) is 9.90 Å². The largest absolute Gasteiger partial charge is 1.00 e. The minimum Gasteiger partial charge on any atom is -0.549 e. The van der Waals surface area contributed by atoms with Crippen molar-refractivity contribution >= 4 is 5.97 Å². The van der Waals surface area contributed by atoms with Crippen LogP contribution in [0.25, 0.3) is 0 Å². The molecule has 5 nitrogen and oxygen atoms in total. The molecule has 0 saturated heterocycles. The summed E-state index contributed by atoms with van der Waals surface area (Å²) >= 11 is 0. The van der Waals surface area contributed by atoms with Crippen molar-refractivity contribution in [3.05, 3.63) is 23.3 Å². The number of carbonyl (C=O) groups is 1. The van der Waals surface area contributed by atoms with Gasteiger partial charge in [0.15, 0.2) is 0 Å². The number of hydrogen-bond donors (Lipinski definition) is 0. The van der Waals surface area contributed by atoms with Gasteiger partial charge in [0.05, 0.1) is 23.7 Å². The number of rotatable bonds is 4. The molecule has 1 heterocycles. The van der Waals surface area contributed by atoms with E-state index in [1.165, 1.54) is 13.8 Å². The fraction of sp³-hybridized carbons (Fsp3) is 0.545. The number of aryl methyl sites for hydroxylation is 1. The number of aromatic nitrogens is 2. The summed E-state index contributed by atoms with van der Waals surface area (Å²) < 4.78 is 4.98.